The largest absolute Gasteiger partial charge is 0.471 e. The van der Waals surface area contributed by atoms with Crippen LogP contribution in [0.15, 0.2) is 30.3 Å². The topological polar surface area (TPSA) is 58.6 Å². The van der Waals surface area contributed by atoms with Gasteiger partial charge in [0.05, 0.1) is 6.54 Å². The molecule has 1 aromatic heterocycles. The summed E-state index contributed by atoms with van der Waals surface area (Å²) in [4.78, 5) is 16.6. The Morgan fingerprint density at radius 1 is 1.15 bits per heavy atom. The number of aryl methyl sites for hydroxylation is 2. The van der Waals surface area contributed by atoms with E-state index in [-0.39, 0.29) is 12.0 Å². The summed E-state index contributed by atoms with van der Waals surface area (Å²) in [6, 6.07) is 9.58. The summed E-state index contributed by atoms with van der Waals surface area (Å²) in [6.07, 6.45) is 1.77. The molecule has 1 fully saturated rings. The normalized spacial score (nSPS) is 17.1. The molecule has 1 aliphatic rings. The highest BCUT2D eigenvalue weighted by Crippen LogP contribution is 2.20. The number of piperidine rings is 1. The molecule has 3 rings (SSSR count). The van der Waals surface area contributed by atoms with Gasteiger partial charge in [-0.25, -0.2) is 0 Å². The molecule has 0 radical (unpaired) electrons. The first-order valence-corrected chi connectivity index (χ1v) is 8.98. The summed E-state index contributed by atoms with van der Waals surface area (Å²) in [7, 11) is 3.84. The highest BCUT2D eigenvalue weighted by Gasteiger charge is 2.26. The smallest absolute Gasteiger partial charge is 0.253 e. The maximum absolute atomic E-state index is 12.8. The Hall–Kier alpha value is -2.63. The van der Waals surface area contributed by atoms with E-state index in [1.165, 1.54) is 5.56 Å². The van der Waals surface area contributed by atoms with Crippen LogP contribution < -0.4 is 9.64 Å². The second-order valence-electron chi connectivity index (χ2n) is 7.06. The highest BCUT2D eigenvalue weighted by atomic mass is 16.5. The first kappa shape index (κ1) is 18.2. The molecule has 138 valence electrons. The van der Waals surface area contributed by atoms with Gasteiger partial charge in [-0.15, -0.1) is 10.2 Å². The third kappa shape index (κ3) is 4.12. The molecule has 1 aliphatic heterocycles. The van der Waals surface area contributed by atoms with E-state index in [2.05, 4.69) is 17.1 Å². The van der Waals surface area contributed by atoms with E-state index in [0.717, 1.165) is 36.3 Å². The predicted octanol–water partition coefficient (Wildman–Crippen LogP) is 2.84. The van der Waals surface area contributed by atoms with Crippen LogP contribution in [0.1, 0.15) is 34.3 Å². The van der Waals surface area contributed by atoms with Gasteiger partial charge in [-0.1, -0.05) is 6.07 Å². The molecule has 0 saturated carbocycles. The Labute approximate surface area is 154 Å². The van der Waals surface area contributed by atoms with E-state index in [1.54, 1.807) is 0 Å². The van der Waals surface area contributed by atoms with Crippen molar-refractivity contribution in [3.05, 3.63) is 47.0 Å². The van der Waals surface area contributed by atoms with Gasteiger partial charge >= 0.3 is 0 Å². The van der Waals surface area contributed by atoms with E-state index in [1.807, 2.05) is 61.2 Å². The predicted molar refractivity (Wildman–Crippen MR) is 102 cm³/mol. The zero-order valence-corrected chi connectivity index (χ0v) is 15.9. The van der Waals surface area contributed by atoms with Gasteiger partial charge in [0, 0.05) is 32.3 Å². The number of benzene rings is 1. The maximum Gasteiger partial charge on any atom is 0.253 e. The molecule has 2 aromatic rings. The van der Waals surface area contributed by atoms with Gasteiger partial charge in [0.25, 0.3) is 5.91 Å². The fourth-order valence-electron chi connectivity index (χ4n) is 3.06. The van der Waals surface area contributed by atoms with Gasteiger partial charge in [0.1, 0.15) is 6.10 Å². The van der Waals surface area contributed by atoms with E-state index in [0.29, 0.717) is 12.4 Å². The Morgan fingerprint density at radius 2 is 1.96 bits per heavy atom. The lowest BCUT2D eigenvalue weighted by Gasteiger charge is -2.32. The Balaban J connectivity index is 1.65. The van der Waals surface area contributed by atoms with Gasteiger partial charge < -0.3 is 14.5 Å². The molecule has 1 amide bonds. The average Bonchev–Trinajstić information content (AvgIpc) is 2.64. The lowest BCUT2D eigenvalue weighted by molar-refractivity contribution is 0.0525. The lowest BCUT2D eigenvalue weighted by atomic mass is 10.0. The van der Waals surface area contributed by atoms with E-state index >= 15 is 0 Å². The van der Waals surface area contributed by atoms with Gasteiger partial charge in [0.15, 0.2) is 5.82 Å². The van der Waals surface area contributed by atoms with Crippen molar-refractivity contribution < 1.29 is 9.53 Å². The molecule has 2 heterocycles. The van der Waals surface area contributed by atoms with Crippen molar-refractivity contribution in [1.82, 2.24) is 15.1 Å². The number of nitrogens with zero attached hydrogens (tertiary/aromatic N) is 4. The van der Waals surface area contributed by atoms with Crippen molar-refractivity contribution >= 4 is 11.7 Å². The monoisotopic (exact) mass is 354 g/mol. The van der Waals surface area contributed by atoms with Crippen molar-refractivity contribution in [2.75, 3.05) is 32.1 Å². The molecule has 0 N–H and O–H groups in total. The zero-order valence-electron chi connectivity index (χ0n) is 15.9. The summed E-state index contributed by atoms with van der Waals surface area (Å²) in [5.74, 6) is 1.35. The number of carbonyl (C=O) groups excluding carboxylic acids is 1. The molecule has 26 heavy (non-hydrogen) atoms. The zero-order chi connectivity index (χ0) is 18.7. The van der Waals surface area contributed by atoms with Gasteiger partial charge in [-0.3, -0.25) is 4.79 Å². The average molecular weight is 354 g/mol. The van der Waals surface area contributed by atoms with Crippen LogP contribution in [0.25, 0.3) is 0 Å². The van der Waals surface area contributed by atoms with Crippen LogP contribution in [-0.2, 0) is 0 Å². The molecule has 0 bridgehead atoms. The minimum Gasteiger partial charge on any atom is -0.471 e. The van der Waals surface area contributed by atoms with Crippen molar-refractivity contribution in [2.45, 2.75) is 32.8 Å². The standard InChI is InChI=1S/C20H26N4O2/c1-14-7-8-16(12-15(14)2)20(25)24-11-5-6-17(13-24)26-19-10-9-18(21-22-19)23(3)4/h7-10,12,17H,5-6,11,13H2,1-4H3. The van der Waals surface area contributed by atoms with Crippen LogP contribution in [0, 0.1) is 13.8 Å². The Morgan fingerprint density at radius 3 is 2.62 bits per heavy atom. The number of carbonyl (C=O) groups is 1. The number of amides is 1. The molecule has 6 nitrogen and oxygen atoms in total. The van der Waals surface area contributed by atoms with Crippen molar-refractivity contribution in [2.24, 2.45) is 0 Å². The van der Waals surface area contributed by atoms with Crippen LogP contribution in [0.2, 0.25) is 0 Å². The number of likely N-dealkylation sites (tertiary alicyclic amines) is 1. The summed E-state index contributed by atoms with van der Waals surface area (Å²) in [5.41, 5.74) is 3.07. The number of hydrogen-bond donors (Lipinski definition) is 0. The van der Waals surface area contributed by atoms with Crippen LogP contribution in [-0.4, -0.2) is 54.3 Å². The first-order valence-electron chi connectivity index (χ1n) is 8.98. The molecule has 1 unspecified atom stereocenters. The molecule has 1 aromatic carbocycles. The lowest BCUT2D eigenvalue weighted by Crippen LogP contribution is -2.44. The number of anilines is 1. The summed E-state index contributed by atoms with van der Waals surface area (Å²) in [5, 5.41) is 8.26. The number of rotatable bonds is 4. The molecular weight excluding hydrogens is 328 g/mol. The number of ether oxygens (including phenoxy) is 1. The molecule has 6 heteroatoms. The third-order valence-electron chi connectivity index (χ3n) is 4.79. The van der Waals surface area contributed by atoms with E-state index in [4.69, 9.17) is 4.74 Å². The van der Waals surface area contributed by atoms with Crippen LogP contribution in [0.5, 0.6) is 5.88 Å². The van der Waals surface area contributed by atoms with Gasteiger partial charge in [-0.2, -0.15) is 0 Å². The Kier molecular flexibility index (Phi) is 5.40. The highest BCUT2D eigenvalue weighted by molar-refractivity contribution is 5.94. The Bertz CT molecular complexity index is 774. The molecule has 0 spiro atoms. The minimum absolute atomic E-state index is 0.0567. The van der Waals surface area contributed by atoms with Crippen LogP contribution in [0.3, 0.4) is 0 Å². The second kappa shape index (κ2) is 7.72. The maximum atomic E-state index is 12.8. The van der Waals surface area contributed by atoms with Crippen molar-refractivity contribution in [3.8, 4) is 5.88 Å². The first-order chi connectivity index (χ1) is 12.4. The van der Waals surface area contributed by atoms with E-state index < -0.39 is 0 Å². The number of hydrogen-bond acceptors (Lipinski definition) is 5. The summed E-state index contributed by atoms with van der Waals surface area (Å²) >= 11 is 0. The SMILES string of the molecule is Cc1ccc(C(=O)N2CCCC(Oc3ccc(N(C)C)nn3)C2)cc1C. The van der Waals surface area contributed by atoms with E-state index in [9.17, 15) is 4.79 Å². The van der Waals surface area contributed by atoms with Crippen molar-refractivity contribution in [3.63, 3.8) is 0 Å². The molecule has 1 saturated heterocycles. The number of aromatic nitrogens is 2. The summed E-state index contributed by atoms with van der Waals surface area (Å²) in [6.45, 7) is 5.42. The molecule has 1 atom stereocenters. The van der Waals surface area contributed by atoms with Crippen LogP contribution in [0.4, 0.5) is 5.82 Å². The fraction of sp³-hybridized carbons (Fsp3) is 0.450. The molecular formula is C20H26N4O2. The molecule has 0 aliphatic carbocycles. The van der Waals surface area contributed by atoms with Gasteiger partial charge in [-0.05, 0) is 56.0 Å². The third-order valence-corrected chi connectivity index (χ3v) is 4.79. The summed E-state index contributed by atoms with van der Waals surface area (Å²) < 4.78 is 5.96. The fourth-order valence-corrected chi connectivity index (χ4v) is 3.06. The van der Waals surface area contributed by atoms with Gasteiger partial charge in [0.2, 0.25) is 5.88 Å². The van der Waals surface area contributed by atoms with Crippen molar-refractivity contribution in [1.29, 1.82) is 0 Å². The minimum atomic E-state index is -0.0567. The van der Waals surface area contributed by atoms with Crippen LogP contribution >= 0.6 is 0 Å². The second-order valence-corrected chi connectivity index (χ2v) is 7.06. The quantitative estimate of drug-likeness (QED) is 0.845.